The van der Waals surface area contributed by atoms with Crippen LogP contribution in [0.1, 0.15) is 70.0 Å². The van der Waals surface area contributed by atoms with E-state index < -0.39 is 0 Å². The van der Waals surface area contributed by atoms with Crippen molar-refractivity contribution in [3.63, 3.8) is 0 Å². The third kappa shape index (κ3) is 7.70. The Morgan fingerprint density at radius 3 is 2.52 bits per heavy atom. The van der Waals surface area contributed by atoms with Crippen molar-refractivity contribution in [1.29, 1.82) is 0 Å². The number of amides is 1. The lowest BCUT2D eigenvalue weighted by atomic mass is 10.00. The summed E-state index contributed by atoms with van der Waals surface area (Å²) >= 11 is 6.14. The van der Waals surface area contributed by atoms with Crippen molar-refractivity contribution >= 4 is 23.2 Å². The van der Waals surface area contributed by atoms with Gasteiger partial charge in [0.25, 0.3) is 5.91 Å². The van der Waals surface area contributed by atoms with Crippen LogP contribution in [0, 0.1) is 12.7 Å². The molecule has 182 valence electrons. The van der Waals surface area contributed by atoms with Crippen LogP contribution in [-0.2, 0) is 4.79 Å². The van der Waals surface area contributed by atoms with Crippen LogP contribution in [-0.4, -0.2) is 25.5 Å². The summed E-state index contributed by atoms with van der Waals surface area (Å²) in [6.07, 6.45) is 5.28. The molecule has 2 aromatic rings. The van der Waals surface area contributed by atoms with Crippen LogP contribution in [0.2, 0.25) is 5.02 Å². The summed E-state index contributed by atoms with van der Waals surface area (Å²) in [5.74, 6) is -0.305. The van der Waals surface area contributed by atoms with Gasteiger partial charge < -0.3 is 0 Å². The summed E-state index contributed by atoms with van der Waals surface area (Å²) in [7, 11) is 1.98. The van der Waals surface area contributed by atoms with Gasteiger partial charge in [-0.3, -0.25) is 9.80 Å². The molecule has 0 spiro atoms. The highest BCUT2D eigenvalue weighted by Gasteiger charge is 2.38. The molecule has 3 unspecified atom stereocenters. The van der Waals surface area contributed by atoms with E-state index in [9.17, 15) is 9.18 Å². The van der Waals surface area contributed by atoms with Crippen LogP contribution >= 0.6 is 11.6 Å². The van der Waals surface area contributed by atoms with Gasteiger partial charge in [0.15, 0.2) is 0 Å². The highest BCUT2D eigenvalue weighted by atomic mass is 35.5. The molecule has 1 saturated heterocycles. The number of carbonyl (C=O) groups is 1. The van der Waals surface area contributed by atoms with E-state index in [2.05, 4.69) is 17.8 Å². The van der Waals surface area contributed by atoms with Crippen molar-refractivity contribution in [3.8, 4) is 0 Å². The van der Waals surface area contributed by atoms with E-state index in [0.717, 1.165) is 34.8 Å². The average Bonchev–Trinajstić information content (AvgIpc) is 3.24. The van der Waals surface area contributed by atoms with Gasteiger partial charge >= 0.3 is 0 Å². The second-order valence-corrected chi connectivity index (χ2v) is 8.80. The van der Waals surface area contributed by atoms with Gasteiger partial charge in [-0.2, -0.15) is 0 Å². The number of hydrogen-bond donors (Lipinski definition) is 3. The summed E-state index contributed by atoms with van der Waals surface area (Å²) in [6.45, 7) is 9.09. The summed E-state index contributed by atoms with van der Waals surface area (Å²) < 4.78 is 13.5. The number of unbranched alkanes of at least 4 members (excludes halogenated alkanes) is 3. The predicted molar refractivity (Wildman–Crippen MR) is 135 cm³/mol. The molecule has 1 fully saturated rings. The van der Waals surface area contributed by atoms with Gasteiger partial charge in [-0.25, -0.2) is 20.3 Å². The third-order valence-electron chi connectivity index (χ3n) is 5.80. The first-order chi connectivity index (χ1) is 15.9. The maximum atomic E-state index is 13.5. The Kier molecular flexibility index (Phi) is 11.1. The zero-order chi connectivity index (χ0) is 24.4. The molecular weight excluding hydrogens is 439 g/mol. The number of quaternary nitrogens is 1. The van der Waals surface area contributed by atoms with Crippen LogP contribution in [0.5, 0.6) is 0 Å². The molecule has 0 radical (unpaired) electrons. The Hall–Kier alpha value is -2.15. The normalized spacial score (nSPS) is 18.5. The van der Waals surface area contributed by atoms with E-state index in [1.54, 1.807) is 12.1 Å². The standard InChI is InChI=1S/C24H32ClFN4O.C2H6/c1-4-5-6-7-14-29(3)28-24(31)21-16-23(18-8-11-20(26)12-9-18)30(27-21)22-13-10-19(25)15-17(22)2;1-2/h8-13,15,21,23,27H,4-7,14,16H2,1-3H3,(H,28,31);1-2H3/p+1. The van der Waals surface area contributed by atoms with Crippen molar-refractivity contribution in [1.82, 2.24) is 10.9 Å². The first-order valence-electron chi connectivity index (χ1n) is 12.1. The zero-order valence-electron chi connectivity index (χ0n) is 20.6. The van der Waals surface area contributed by atoms with E-state index in [-0.39, 0.29) is 23.8 Å². The monoisotopic (exact) mass is 477 g/mol. The quantitative estimate of drug-likeness (QED) is 0.360. The van der Waals surface area contributed by atoms with Crippen molar-refractivity contribution in [2.75, 3.05) is 18.6 Å². The van der Waals surface area contributed by atoms with Gasteiger partial charge in [-0.05, 0) is 67.6 Å². The Morgan fingerprint density at radius 1 is 1.18 bits per heavy atom. The second kappa shape index (κ2) is 13.5. The number of hydrazine groups is 1. The smallest absolute Gasteiger partial charge is 0.283 e. The Balaban J connectivity index is 0.00000187. The number of nitrogens with one attached hydrogen (secondary N) is 3. The molecule has 0 aromatic heterocycles. The van der Waals surface area contributed by atoms with Crippen molar-refractivity contribution < 1.29 is 14.2 Å². The van der Waals surface area contributed by atoms with Crippen molar-refractivity contribution in [3.05, 3.63) is 64.4 Å². The molecule has 7 heteroatoms. The Bertz CT molecular complexity index is 877. The summed E-state index contributed by atoms with van der Waals surface area (Å²) in [4.78, 5) is 13.0. The molecule has 1 heterocycles. The molecule has 0 saturated carbocycles. The number of carbonyl (C=O) groups excluding carboxylic acids is 1. The first kappa shape index (κ1) is 27.1. The van der Waals surface area contributed by atoms with Gasteiger partial charge in [0.05, 0.1) is 25.3 Å². The molecule has 2 aromatic carbocycles. The van der Waals surface area contributed by atoms with Crippen molar-refractivity contribution in [2.45, 2.75) is 71.9 Å². The van der Waals surface area contributed by atoms with E-state index in [1.807, 2.05) is 51.0 Å². The minimum absolute atomic E-state index is 0.0331. The first-order valence-corrected chi connectivity index (χ1v) is 12.5. The predicted octanol–water partition coefficient (Wildman–Crippen LogP) is 4.76. The number of rotatable bonds is 9. The lowest BCUT2D eigenvalue weighted by Gasteiger charge is -2.28. The lowest BCUT2D eigenvalue weighted by molar-refractivity contribution is -0.917. The largest absolute Gasteiger partial charge is 0.300 e. The summed E-state index contributed by atoms with van der Waals surface area (Å²) in [5, 5.41) is 3.68. The number of aryl methyl sites for hydroxylation is 1. The van der Waals surface area contributed by atoms with Crippen LogP contribution in [0.4, 0.5) is 10.1 Å². The number of halogens is 2. The second-order valence-electron chi connectivity index (χ2n) is 8.37. The molecule has 3 rings (SSSR count). The van der Waals surface area contributed by atoms with E-state index >= 15 is 0 Å². The van der Waals surface area contributed by atoms with Gasteiger partial charge in [0.1, 0.15) is 11.9 Å². The van der Waals surface area contributed by atoms with Crippen LogP contribution in [0.3, 0.4) is 0 Å². The molecule has 0 aliphatic carbocycles. The Morgan fingerprint density at radius 2 is 1.88 bits per heavy atom. The van der Waals surface area contributed by atoms with Crippen molar-refractivity contribution in [2.24, 2.45) is 0 Å². The van der Waals surface area contributed by atoms with Gasteiger partial charge in [0.2, 0.25) is 0 Å². The topological polar surface area (TPSA) is 48.8 Å². The zero-order valence-corrected chi connectivity index (χ0v) is 21.3. The molecule has 33 heavy (non-hydrogen) atoms. The minimum atomic E-state index is -0.379. The third-order valence-corrected chi connectivity index (χ3v) is 6.03. The molecular formula is C26H39ClFN4O+. The van der Waals surface area contributed by atoms with E-state index in [0.29, 0.717) is 11.4 Å². The number of hydrogen-bond acceptors (Lipinski definition) is 3. The van der Waals surface area contributed by atoms with Crippen LogP contribution in [0.15, 0.2) is 42.5 Å². The molecule has 1 aliphatic heterocycles. The minimum Gasteiger partial charge on any atom is -0.300 e. The highest BCUT2D eigenvalue weighted by molar-refractivity contribution is 6.30. The fourth-order valence-corrected chi connectivity index (χ4v) is 4.31. The SMILES string of the molecule is CC.CCCCCC[NH+](C)NC(=O)C1CC(c2ccc(F)cc2)N(c2ccc(Cl)cc2C)N1. The van der Waals surface area contributed by atoms with Gasteiger partial charge in [-0.1, -0.05) is 57.3 Å². The fourth-order valence-electron chi connectivity index (χ4n) is 4.08. The maximum Gasteiger partial charge on any atom is 0.283 e. The number of anilines is 1. The van der Waals surface area contributed by atoms with Crippen LogP contribution < -0.4 is 20.9 Å². The molecule has 0 bridgehead atoms. The Labute approximate surface area is 203 Å². The van der Waals surface area contributed by atoms with Crippen LogP contribution in [0.25, 0.3) is 0 Å². The summed E-state index contributed by atoms with van der Waals surface area (Å²) in [5.41, 5.74) is 9.38. The summed E-state index contributed by atoms with van der Waals surface area (Å²) in [6, 6.07) is 11.7. The van der Waals surface area contributed by atoms with E-state index in [4.69, 9.17) is 11.6 Å². The number of nitrogens with zero attached hydrogens (tertiary/aromatic N) is 1. The van der Waals surface area contributed by atoms with Gasteiger partial charge in [-0.15, -0.1) is 0 Å². The van der Waals surface area contributed by atoms with E-state index in [1.165, 1.54) is 31.4 Å². The maximum absolute atomic E-state index is 13.5. The molecule has 3 atom stereocenters. The molecule has 1 aliphatic rings. The molecule has 3 N–H and O–H groups in total. The fraction of sp³-hybridized carbons (Fsp3) is 0.500. The molecule has 1 amide bonds. The number of benzene rings is 2. The highest BCUT2D eigenvalue weighted by Crippen LogP contribution is 2.36. The molecule has 5 nitrogen and oxygen atoms in total. The van der Waals surface area contributed by atoms with Gasteiger partial charge in [0, 0.05) is 5.02 Å². The average molecular weight is 478 g/mol. The lowest BCUT2D eigenvalue weighted by Crippen LogP contribution is -3.16.